The normalized spacial score (nSPS) is 14.2. The Kier molecular flexibility index (Phi) is 6.39. The van der Waals surface area contributed by atoms with Gasteiger partial charge in [0.15, 0.2) is 5.75 Å². The molecule has 0 N–H and O–H groups in total. The van der Waals surface area contributed by atoms with Crippen LogP contribution in [0.4, 0.5) is 0 Å². The number of halogens is 1. The van der Waals surface area contributed by atoms with E-state index in [0.29, 0.717) is 30.8 Å². The number of carbonyl (C=O) groups excluding carboxylic acids is 2. The molecule has 6 heteroatoms. The van der Waals surface area contributed by atoms with E-state index in [2.05, 4.69) is 22.6 Å². The fourth-order valence-electron chi connectivity index (χ4n) is 2.99. The van der Waals surface area contributed by atoms with Gasteiger partial charge in [0.1, 0.15) is 0 Å². The first-order valence-electron chi connectivity index (χ1n) is 9.06. The van der Waals surface area contributed by atoms with Gasteiger partial charge in [-0.05, 0) is 79.3 Å². The molecule has 1 aliphatic heterocycles. The monoisotopic (exact) mass is 491 g/mol. The van der Waals surface area contributed by atoms with Gasteiger partial charge in [-0.3, -0.25) is 9.68 Å². The lowest BCUT2D eigenvalue weighted by molar-refractivity contribution is -0.222. The maximum atomic E-state index is 12.6. The average molecular weight is 491 g/mol. The maximum absolute atomic E-state index is 12.6. The zero-order valence-electron chi connectivity index (χ0n) is 15.9. The third-order valence-corrected chi connectivity index (χ3v) is 5.58. The predicted octanol–water partition coefficient (Wildman–Crippen LogP) is 4.63. The SMILES string of the molecule is CC(C)(C(=O)OOc1ccccc1)C1=CCN(C(=O)c2ccc(I)cc2)CC1. The molecule has 0 aromatic heterocycles. The summed E-state index contributed by atoms with van der Waals surface area (Å²) in [6.07, 6.45) is 2.56. The van der Waals surface area contributed by atoms with Crippen molar-refractivity contribution in [3.63, 3.8) is 0 Å². The summed E-state index contributed by atoms with van der Waals surface area (Å²) in [4.78, 5) is 37.1. The lowest BCUT2D eigenvalue weighted by Gasteiger charge is -2.32. The van der Waals surface area contributed by atoms with Crippen LogP contribution in [0.3, 0.4) is 0 Å². The van der Waals surface area contributed by atoms with Crippen LogP contribution in [-0.4, -0.2) is 29.9 Å². The molecule has 28 heavy (non-hydrogen) atoms. The van der Waals surface area contributed by atoms with Gasteiger partial charge in [-0.25, -0.2) is 9.68 Å². The first kappa shape index (κ1) is 20.4. The maximum Gasteiger partial charge on any atom is 0.364 e. The van der Waals surface area contributed by atoms with Crippen molar-refractivity contribution in [3.05, 3.63) is 75.4 Å². The fourth-order valence-corrected chi connectivity index (χ4v) is 3.35. The molecule has 146 valence electrons. The molecule has 0 spiro atoms. The summed E-state index contributed by atoms with van der Waals surface area (Å²) in [5.41, 5.74) is 0.792. The Labute approximate surface area is 178 Å². The molecule has 1 heterocycles. The van der Waals surface area contributed by atoms with E-state index in [1.165, 1.54) is 0 Å². The Balaban J connectivity index is 1.61. The Bertz CT molecular complexity index is 875. The van der Waals surface area contributed by atoms with Crippen LogP contribution in [0, 0.1) is 8.99 Å². The molecule has 0 fully saturated rings. The van der Waals surface area contributed by atoms with E-state index in [0.717, 1.165) is 9.14 Å². The number of nitrogens with zero attached hydrogens (tertiary/aromatic N) is 1. The Morgan fingerprint density at radius 2 is 1.71 bits per heavy atom. The van der Waals surface area contributed by atoms with Gasteiger partial charge in [-0.15, -0.1) is 0 Å². The van der Waals surface area contributed by atoms with Gasteiger partial charge in [0.05, 0.1) is 5.41 Å². The van der Waals surface area contributed by atoms with Crippen molar-refractivity contribution in [2.45, 2.75) is 20.3 Å². The van der Waals surface area contributed by atoms with Gasteiger partial charge in [0, 0.05) is 22.2 Å². The van der Waals surface area contributed by atoms with Crippen molar-refractivity contribution >= 4 is 34.5 Å². The van der Waals surface area contributed by atoms with Gasteiger partial charge < -0.3 is 4.90 Å². The molecule has 0 atom stereocenters. The minimum atomic E-state index is -0.827. The van der Waals surface area contributed by atoms with E-state index in [1.807, 2.05) is 50.3 Å². The molecule has 0 aliphatic carbocycles. The van der Waals surface area contributed by atoms with Crippen LogP contribution in [0.15, 0.2) is 66.2 Å². The van der Waals surface area contributed by atoms with E-state index in [9.17, 15) is 9.59 Å². The third kappa shape index (κ3) is 4.73. The summed E-state index contributed by atoms with van der Waals surface area (Å²) < 4.78 is 1.09. The number of carbonyl (C=O) groups is 2. The highest BCUT2D eigenvalue weighted by Crippen LogP contribution is 2.33. The number of hydrogen-bond donors (Lipinski definition) is 0. The lowest BCUT2D eigenvalue weighted by Crippen LogP contribution is -2.39. The fraction of sp³-hybridized carbons (Fsp3) is 0.273. The van der Waals surface area contributed by atoms with Gasteiger partial charge in [-0.1, -0.05) is 29.8 Å². The second-order valence-corrected chi connectivity index (χ2v) is 8.38. The average Bonchev–Trinajstić information content (AvgIpc) is 2.73. The molecule has 1 aliphatic rings. The van der Waals surface area contributed by atoms with E-state index >= 15 is 0 Å². The zero-order chi connectivity index (χ0) is 20.1. The summed E-state index contributed by atoms with van der Waals surface area (Å²) in [6, 6.07) is 16.4. The van der Waals surface area contributed by atoms with Crippen LogP contribution in [0.5, 0.6) is 5.75 Å². The quantitative estimate of drug-likeness (QED) is 0.265. The summed E-state index contributed by atoms with van der Waals surface area (Å²) in [5.74, 6) is 0.0121. The van der Waals surface area contributed by atoms with Crippen LogP contribution >= 0.6 is 22.6 Å². The molecule has 0 unspecified atom stereocenters. The predicted molar refractivity (Wildman–Crippen MR) is 115 cm³/mol. The molecule has 2 aromatic rings. The van der Waals surface area contributed by atoms with Crippen LogP contribution in [0.25, 0.3) is 0 Å². The van der Waals surface area contributed by atoms with Gasteiger partial charge in [-0.2, -0.15) is 0 Å². The molecule has 2 aromatic carbocycles. The molecule has 0 saturated heterocycles. The first-order chi connectivity index (χ1) is 13.4. The van der Waals surface area contributed by atoms with Crippen molar-refractivity contribution in [2.24, 2.45) is 5.41 Å². The van der Waals surface area contributed by atoms with E-state index in [-0.39, 0.29) is 5.91 Å². The summed E-state index contributed by atoms with van der Waals surface area (Å²) in [7, 11) is 0. The minimum absolute atomic E-state index is 0.000469. The standard InChI is InChI=1S/C22H22INO4/c1-22(2,21(26)28-27-19-6-4-3-5-7-19)17-12-14-24(15-13-17)20(25)16-8-10-18(23)11-9-16/h3-12H,13-15H2,1-2H3. The number of hydrogen-bond acceptors (Lipinski definition) is 4. The van der Waals surface area contributed by atoms with Crippen molar-refractivity contribution in [2.75, 3.05) is 13.1 Å². The summed E-state index contributed by atoms with van der Waals surface area (Å²) in [5, 5.41) is 0. The van der Waals surface area contributed by atoms with E-state index < -0.39 is 11.4 Å². The molecule has 3 rings (SSSR count). The molecule has 0 saturated carbocycles. The van der Waals surface area contributed by atoms with Gasteiger partial charge in [0.25, 0.3) is 5.91 Å². The van der Waals surface area contributed by atoms with Crippen molar-refractivity contribution in [3.8, 4) is 5.75 Å². The first-order valence-corrected chi connectivity index (χ1v) is 10.1. The number of amides is 1. The third-order valence-electron chi connectivity index (χ3n) is 4.86. The van der Waals surface area contributed by atoms with Crippen molar-refractivity contribution < 1.29 is 19.4 Å². The van der Waals surface area contributed by atoms with Gasteiger partial charge >= 0.3 is 5.97 Å². The Morgan fingerprint density at radius 1 is 1.04 bits per heavy atom. The van der Waals surface area contributed by atoms with Crippen LogP contribution in [0.2, 0.25) is 0 Å². The summed E-state index contributed by atoms with van der Waals surface area (Å²) >= 11 is 2.21. The largest absolute Gasteiger partial charge is 0.364 e. The van der Waals surface area contributed by atoms with Gasteiger partial charge in [0.2, 0.25) is 0 Å². The minimum Gasteiger partial charge on any atom is -0.335 e. The molecular weight excluding hydrogens is 469 g/mol. The molecule has 1 amide bonds. The zero-order valence-corrected chi connectivity index (χ0v) is 18.0. The Morgan fingerprint density at radius 3 is 2.32 bits per heavy atom. The second-order valence-electron chi connectivity index (χ2n) is 7.13. The molecular formula is C22H22INO4. The van der Waals surface area contributed by atoms with Crippen LogP contribution < -0.4 is 4.89 Å². The molecule has 0 radical (unpaired) electrons. The highest BCUT2D eigenvalue weighted by atomic mass is 127. The number of para-hydroxylation sites is 1. The highest BCUT2D eigenvalue weighted by molar-refractivity contribution is 14.1. The van der Waals surface area contributed by atoms with Crippen molar-refractivity contribution in [1.29, 1.82) is 0 Å². The lowest BCUT2D eigenvalue weighted by atomic mass is 9.81. The number of benzene rings is 2. The molecule has 0 bridgehead atoms. The Hall–Kier alpha value is -2.35. The van der Waals surface area contributed by atoms with Crippen LogP contribution in [-0.2, 0) is 9.68 Å². The van der Waals surface area contributed by atoms with E-state index in [4.69, 9.17) is 9.78 Å². The topological polar surface area (TPSA) is 55.8 Å². The van der Waals surface area contributed by atoms with Crippen LogP contribution in [0.1, 0.15) is 30.6 Å². The highest BCUT2D eigenvalue weighted by Gasteiger charge is 2.36. The van der Waals surface area contributed by atoms with Crippen molar-refractivity contribution in [1.82, 2.24) is 4.90 Å². The second kappa shape index (κ2) is 8.77. The molecule has 5 nitrogen and oxygen atoms in total. The summed E-state index contributed by atoms with van der Waals surface area (Å²) in [6.45, 7) is 4.65. The van der Waals surface area contributed by atoms with E-state index in [1.54, 1.807) is 29.2 Å². The smallest absolute Gasteiger partial charge is 0.335 e. The number of rotatable bonds is 5.